The molecule has 0 aliphatic carbocycles. The van der Waals surface area contributed by atoms with Gasteiger partial charge in [-0.1, -0.05) is 18.2 Å². The second-order valence-corrected chi connectivity index (χ2v) is 5.22. The molecule has 0 atom stereocenters. The van der Waals surface area contributed by atoms with E-state index in [0.29, 0.717) is 0 Å². The van der Waals surface area contributed by atoms with Crippen LogP contribution in [0.4, 0.5) is 5.82 Å². The average Bonchev–Trinajstić information content (AvgIpc) is 2.51. The van der Waals surface area contributed by atoms with Gasteiger partial charge in [0.05, 0.1) is 6.61 Å². The minimum atomic E-state index is 0.742. The summed E-state index contributed by atoms with van der Waals surface area (Å²) in [7, 11) is 4.15. The lowest BCUT2D eigenvalue weighted by Gasteiger charge is -2.11. The molecule has 112 valence electrons. The highest BCUT2D eigenvalue weighted by Crippen LogP contribution is 2.14. The van der Waals surface area contributed by atoms with E-state index in [9.17, 15) is 0 Å². The molecule has 0 unspecified atom stereocenters. The fraction of sp³-hybridized carbons (Fsp3) is 0.353. The standard InChI is InChI=1S/C17H23N3O/c1-20(2)11-6-12-21-16-8-5-7-15(13-16)14-19-17-9-3-4-10-18-17/h3-5,7-10,13H,6,11-12,14H2,1-2H3,(H,18,19). The third-order valence-electron chi connectivity index (χ3n) is 3.06. The van der Waals surface area contributed by atoms with Crippen LogP contribution < -0.4 is 10.1 Å². The Labute approximate surface area is 126 Å². The molecule has 0 fully saturated rings. The molecule has 0 aliphatic heterocycles. The Morgan fingerprint density at radius 1 is 1.14 bits per heavy atom. The van der Waals surface area contributed by atoms with Crippen molar-refractivity contribution in [3.8, 4) is 5.75 Å². The van der Waals surface area contributed by atoms with Crippen molar-refractivity contribution >= 4 is 5.82 Å². The first kappa shape index (κ1) is 15.3. The van der Waals surface area contributed by atoms with Crippen LogP contribution in [0.3, 0.4) is 0 Å². The zero-order valence-electron chi connectivity index (χ0n) is 12.7. The highest BCUT2D eigenvalue weighted by Gasteiger charge is 1.99. The Morgan fingerprint density at radius 3 is 2.81 bits per heavy atom. The summed E-state index contributed by atoms with van der Waals surface area (Å²) in [4.78, 5) is 6.41. The van der Waals surface area contributed by atoms with Gasteiger partial charge in [0.1, 0.15) is 11.6 Å². The molecule has 0 radical (unpaired) electrons. The van der Waals surface area contributed by atoms with Crippen molar-refractivity contribution in [2.75, 3.05) is 32.6 Å². The van der Waals surface area contributed by atoms with E-state index < -0.39 is 0 Å². The van der Waals surface area contributed by atoms with E-state index in [-0.39, 0.29) is 0 Å². The van der Waals surface area contributed by atoms with Crippen molar-refractivity contribution < 1.29 is 4.74 Å². The highest BCUT2D eigenvalue weighted by atomic mass is 16.5. The predicted molar refractivity (Wildman–Crippen MR) is 86.7 cm³/mol. The number of pyridine rings is 1. The number of ether oxygens (including phenoxy) is 1. The monoisotopic (exact) mass is 285 g/mol. The Balaban J connectivity index is 1.80. The molecule has 0 spiro atoms. The number of hydrogen-bond acceptors (Lipinski definition) is 4. The normalized spacial score (nSPS) is 10.6. The van der Waals surface area contributed by atoms with Gasteiger partial charge in [-0.3, -0.25) is 0 Å². The van der Waals surface area contributed by atoms with Crippen LogP contribution in [0.1, 0.15) is 12.0 Å². The lowest BCUT2D eigenvalue weighted by molar-refractivity contribution is 0.281. The second kappa shape index (κ2) is 8.27. The molecule has 21 heavy (non-hydrogen) atoms. The van der Waals surface area contributed by atoms with Crippen LogP contribution in [-0.2, 0) is 6.54 Å². The molecule has 2 rings (SSSR count). The highest BCUT2D eigenvalue weighted by molar-refractivity contribution is 5.36. The summed E-state index contributed by atoms with van der Waals surface area (Å²) in [6, 6.07) is 14.0. The molecule has 1 aromatic carbocycles. The van der Waals surface area contributed by atoms with E-state index in [4.69, 9.17) is 4.74 Å². The molecule has 4 heteroatoms. The van der Waals surface area contributed by atoms with Gasteiger partial charge in [0.2, 0.25) is 0 Å². The molecular weight excluding hydrogens is 262 g/mol. The maximum atomic E-state index is 5.78. The molecule has 0 bridgehead atoms. The number of anilines is 1. The number of nitrogens with one attached hydrogen (secondary N) is 1. The molecule has 0 aliphatic rings. The van der Waals surface area contributed by atoms with Crippen molar-refractivity contribution in [1.82, 2.24) is 9.88 Å². The third kappa shape index (κ3) is 5.83. The van der Waals surface area contributed by atoms with E-state index in [1.165, 1.54) is 5.56 Å². The maximum absolute atomic E-state index is 5.78. The van der Waals surface area contributed by atoms with Crippen LogP contribution in [0.5, 0.6) is 5.75 Å². The van der Waals surface area contributed by atoms with E-state index in [1.807, 2.05) is 30.3 Å². The van der Waals surface area contributed by atoms with Gasteiger partial charge in [0, 0.05) is 19.3 Å². The summed E-state index contributed by atoms with van der Waals surface area (Å²) in [5.74, 6) is 1.81. The number of benzene rings is 1. The molecule has 2 aromatic rings. The van der Waals surface area contributed by atoms with Crippen LogP contribution in [0, 0.1) is 0 Å². The van der Waals surface area contributed by atoms with Crippen molar-refractivity contribution in [1.29, 1.82) is 0 Å². The summed E-state index contributed by atoms with van der Waals surface area (Å²) >= 11 is 0. The molecule has 4 nitrogen and oxygen atoms in total. The topological polar surface area (TPSA) is 37.4 Å². The van der Waals surface area contributed by atoms with Gasteiger partial charge in [0.25, 0.3) is 0 Å². The lowest BCUT2D eigenvalue weighted by Crippen LogP contribution is -2.15. The lowest BCUT2D eigenvalue weighted by atomic mass is 10.2. The SMILES string of the molecule is CN(C)CCCOc1cccc(CNc2ccccn2)c1. The van der Waals surface area contributed by atoms with E-state index in [2.05, 4.69) is 41.4 Å². The third-order valence-corrected chi connectivity index (χ3v) is 3.06. The van der Waals surface area contributed by atoms with Crippen molar-refractivity contribution in [2.45, 2.75) is 13.0 Å². The fourth-order valence-electron chi connectivity index (χ4n) is 1.98. The van der Waals surface area contributed by atoms with Crippen LogP contribution in [0.2, 0.25) is 0 Å². The van der Waals surface area contributed by atoms with Gasteiger partial charge in [-0.05, 0) is 50.3 Å². The van der Waals surface area contributed by atoms with Gasteiger partial charge in [-0.15, -0.1) is 0 Å². The smallest absolute Gasteiger partial charge is 0.126 e. The fourth-order valence-corrected chi connectivity index (χ4v) is 1.98. The van der Waals surface area contributed by atoms with Crippen molar-refractivity contribution in [2.24, 2.45) is 0 Å². The van der Waals surface area contributed by atoms with Gasteiger partial charge in [-0.2, -0.15) is 0 Å². The molecule has 1 heterocycles. The summed E-state index contributed by atoms with van der Waals surface area (Å²) in [5.41, 5.74) is 1.19. The van der Waals surface area contributed by atoms with Gasteiger partial charge in [-0.25, -0.2) is 4.98 Å². The van der Waals surface area contributed by atoms with Crippen molar-refractivity contribution in [3.05, 3.63) is 54.2 Å². The van der Waals surface area contributed by atoms with Crippen LogP contribution >= 0.6 is 0 Å². The summed E-state index contributed by atoms with van der Waals surface area (Å²) in [6.45, 7) is 2.53. The molecule has 0 saturated heterocycles. The Kier molecular flexibility index (Phi) is 6.03. The zero-order valence-corrected chi connectivity index (χ0v) is 12.7. The molecule has 0 saturated carbocycles. The second-order valence-electron chi connectivity index (χ2n) is 5.22. The number of aromatic nitrogens is 1. The molecule has 1 aromatic heterocycles. The predicted octanol–water partition coefficient (Wildman–Crippen LogP) is 3.02. The molecule has 0 amide bonds. The Bertz CT molecular complexity index is 529. The van der Waals surface area contributed by atoms with Crippen LogP contribution in [0.15, 0.2) is 48.7 Å². The Morgan fingerprint density at radius 2 is 2.05 bits per heavy atom. The summed E-state index contributed by atoms with van der Waals surface area (Å²) < 4.78 is 5.78. The first-order valence-corrected chi connectivity index (χ1v) is 7.25. The van der Waals surface area contributed by atoms with Gasteiger partial charge < -0.3 is 15.0 Å². The minimum Gasteiger partial charge on any atom is -0.494 e. The van der Waals surface area contributed by atoms with E-state index in [0.717, 1.165) is 37.7 Å². The van der Waals surface area contributed by atoms with Gasteiger partial charge in [0.15, 0.2) is 0 Å². The van der Waals surface area contributed by atoms with Crippen LogP contribution in [0.25, 0.3) is 0 Å². The number of rotatable bonds is 8. The molecule has 1 N–H and O–H groups in total. The zero-order chi connectivity index (χ0) is 14.9. The maximum Gasteiger partial charge on any atom is 0.126 e. The quantitative estimate of drug-likeness (QED) is 0.757. The largest absolute Gasteiger partial charge is 0.494 e. The summed E-state index contributed by atoms with van der Waals surface area (Å²) in [6.07, 6.45) is 2.82. The van der Waals surface area contributed by atoms with Crippen molar-refractivity contribution in [3.63, 3.8) is 0 Å². The minimum absolute atomic E-state index is 0.742. The van der Waals surface area contributed by atoms with E-state index >= 15 is 0 Å². The Hall–Kier alpha value is -2.07. The average molecular weight is 285 g/mol. The first-order chi connectivity index (χ1) is 10.2. The van der Waals surface area contributed by atoms with E-state index in [1.54, 1.807) is 6.20 Å². The number of hydrogen-bond donors (Lipinski definition) is 1. The first-order valence-electron chi connectivity index (χ1n) is 7.25. The van der Waals surface area contributed by atoms with Gasteiger partial charge >= 0.3 is 0 Å². The number of nitrogens with zero attached hydrogens (tertiary/aromatic N) is 2. The summed E-state index contributed by atoms with van der Waals surface area (Å²) in [5, 5.41) is 3.30. The molecular formula is C17H23N3O. The van der Waals surface area contributed by atoms with Crippen LogP contribution in [-0.4, -0.2) is 37.1 Å².